The maximum atomic E-state index is 12.9. The van der Waals surface area contributed by atoms with Crippen molar-refractivity contribution in [2.75, 3.05) is 6.61 Å². The molecule has 0 N–H and O–H groups in total. The molecular formula is C30H29BrClNO5. The van der Waals surface area contributed by atoms with Crippen LogP contribution in [0.25, 0.3) is 6.08 Å². The summed E-state index contributed by atoms with van der Waals surface area (Å²) in [6, 6.07) is 24.4. The fraction of sp³-hybridized carbons (Fsp3) is 0.233. The third-order valence-corrected chi connectivity index (χ3v) is 6.56. The first kappa shape index (κ1) is 29.1. The fourth-order valence-corrected chi connectivity index (χ4v) is 3.72. The normalized spacial score (nSPS) is 15.0. The minimum absolute atomic E-state index is 0.144. The van der Waals surface area contributed by atoms with Gasteiger partial charge in [-0.1, -0.05) is 97.4 Å². The number of benzene rings is 3. The van der Waals surface area contributed by atoms with Gasteiger partial charge in [-0.15, -0.1) is 0 Å². The van der Waals surface area contributed by atoms with Gasteiger partial charge in [0.25, 0.3) is 5.91 Å². The molecule has 2 amide bonds. The lowest BCUT2D eigenvalue weighted by Gasteiger charge is -2.18. The van der Waals surface area contributed by atoms with Crippen molar-refractivity contribution < 1.29 is 23.9 Å². The fourth-order valence-electron chi connectivity index (χ4n) is 3.34. The SMILES string of the molecule is CC(C)(C)C(=O)Cl.O=C(C=Cc1cc(Br)ccc1OCc1ccccc1)N1C(=O)OC[C@H]1c1ccccc1. The van der Waals surface area contributed by atoms with Crippen molar-refractivity contribution in [1.29, 1.82) is 0 Å². The van der Waals surface area contributed by atoms with Crippen molar-refractivity contribution >= 4 is 50.8 Å². The highest BCUT2D eigenvalue weighted by Gasteiger charge is 2.37. The summed E-state index contributed by atoms with van der Waals surface area (Å²) >= 11 is 8.57. The molecule has 1 saturated heterocycles. The molecule has 1 fully saturated rings. The number of hydrogen-bond donors (Lipinski definition) is 0. The summed E-state index contributed by atoms with van der Waals surface area (Å²) in [5, 5.41) is -0.285. The second-order valence-corrected chi connectivity index (χ2v) is 10.8. The molecule has 3 aromatic rings. The summed E-state index contributed by atoms with van der Waals surface area (Å²) in [6.07, 6.45) is 2.39. The maximum absolute atomic E-state index is 12.9. The Labute approximate surface area is 236 Å². The number of cyclic esters (lactones) is 1. The zero-order valence-corrected chi connectivity index (χ0v) is 23.7. The first-order valence-electron chi connectivity index (χ1n) is 12.0. The number of imide groups is 1. The van der Waals surface area contributed by atoms with Gasteiger partial charge in [-0.05, 0) is 47.0 Å². The number of amides is 2. The lowest BCUT2D eigenvalue weighted by Crippen LogP contribution is -2.32. The van der Waals surface area contributed by atoms with Gasteiger partial charge in [0.15, 0.2) is 0 Å². The van der Waals surface area contributed by atoms with Gasteiger partial charge in [-0.2, -0.15) is 0 Å². The average molecular weight is 599 g/mol. The van der Waals surface area contributed by atoms with E-state index in [2.05, 4.69) is 15.9 Å². The number of rotatable bonds is 6. The Morgan fingerprint density at radius 3 is 2.26 bits per heavy atom. The Morgan fingerprint density at radius 2 is 1.66 bits per heavy atom. The number of ether oxygens (including phenoxy) is 2. The van der Waals surface area contributed by atoms with Crippen LogP contribution in [0.4, 0.5) is 4.79 Å². The Bertz CT molecular complexity index is 1290. The third kappa shape index (κ3) is 8.30. The van der Waals surface area contributed by atoms with Crippen molar-refractivity contribution in [3.05, 3.63) is 106 Å². The summed E-state index contributed by atoms with van der Waals surface area (Å²) in [7, 11) is 0. The molecule has 0 radical (unpaired) electrons. The molecule has 0 saturated carbocycles. The number of carbonyl (C=O) groups is 3. The molecule has 1 heterocycles. The van der Waals surface area contributed by atoms with E-state index >= 15 is 0 Å². The van der Waals surface area contributed by atoms with Crippen LogP contribution < -0.4 is 4.74 Å². The van der Waals surface area contributed by atoms with E-state index < -0.39 is 18.0 Å². The van der Waals surface area contributed by atoms with Gasteiger partial charge in [-0.25, -0.2) is 9.69 Å². The van der Waals surface area contributed by atoms with E-state index in [1.807, 2.05) is 78.9 Å². The van der Waals surface area contributed by atoms with E-state index in [0.29, 0.717) is 12.4 Å². The molecule has 1 aliphatic rings. The van der Waals surface area contributed by atoms with Crippen LogP contribution in [0, 0.1) is 5.41 Å². The second kappa shape index (κ2) is 13.4. The number of halogens is 2. The molecule has 8 heteroatoms. The summed E-state index contributed by atoms with van der Waals surface area (Å²) in [6.45, 7) is 5.89. The predicted molar refractivity (Wildman–Crippen MR) is 152 cm³/mol. The Kier molecular flexibility index (Phi) is 10.3. The Morgan fingerprint density at radius 1 is 1.05 bits per heavy atom. The molecule has 0 spiro atoms. The molecule has 198 valence electrons. The minimum Gasteiger partial charge on any atom is -0.488 e. The van der Waals surface area contributed by atoms with E-state index in [1.54, 1.807) is 26.8 Å². The lowest BCUT2D eigenvalue weighted by molar-refractivity contribution is -0.124. The molecule has 1 aliphatic heterocycles. The molecule has 4 rings (SSSR count). The first-order valence-corrected chi connectivity index (χ1v) is 13.1. The van der Waals surface area contributed by atoms with Crippen molar-refractivity contribution in [2.24, 2.45) is 5.41 Å². The van der Waals surface area contributed by atoms with Crippen molar-refractivity contribution in [3.63, 3.8) is 0 Å². The van der Waals surface area contributed by atoms with Crippen LogP contribution in [-0.4, -0.2) is 28.7 Å². The van der Waals surface area contributed by atoms with Gasteiger partial charge in [0.05, 0.1) is 0 Å². The molecule has 0 aromatic heterocycles. The van der Waals surface area contributed by atoms with Crippen molar-refractivity contribution in [3.8, 4) is 5.75 Å². The quantitative estimate of drug-likeness (QED) is 0.216. The maximum Gasteiger partial charge on any atom is 0.417 e. The minimum atomic E-state index is -0.640. The standard InChI is InChI=1S/C25H20BrNO4.C5H9ClO/c26-21-12-13-23(30-16-18-7-3-1-4-8-18)20(15-21)11-14-24(28)27-22(17-31-25(27)29)19-9-5-2-6-10-19;1-5(2,3)4(6)7/h1-15,22H,16-17H2;1-3H3/t22-;/m0./s1. The molecule has 0 unspecified atom stereocenters. The highest BCUT2D eigenvalue weighted by Crippen LogP contribution is 2.29. The Hall–Kier alpha value is -3.42. The van der Waals surface area contributed by atoms with Gasteiger partial charge in [0.1, 0.15) is 25.0 Å². The van der Waals surface area contributed by atoms with E-state index in [0.717, 1.165) is 26.1 Å². The predicted octanol–water partition coefficient (Wildman–Crippen LogP) is 7.56. The van der Waals surface area contributed by atoms with Gasteiger partial charge in [-0.3, -0.25) is 9.59 Å². The van der Waals surface area contributed by atoms with Crippen LogP contribution in [0.2, 0.25) is 0 Å². The number of hydrogen-bond acceptors (Lipinski definition) is 5. The zero-order valence-electron chi connectivity index (χ0n) is 21.4. The zero-order chi connectivity index (χ0) is 27.7. The second-order valence-electron chi connectivity index (χ2n) is 9.53. The first-order chi connectivity index (χ1) is 18.1. The van der Waals surface area contributed by atoms with Gasteiger partial charge in [0, 0.05) is 21.5 Å². The van der Waals surface area contributed by atoms with Crippen LogP contribution in [0.15, 0.2) is 89.4 Å². The molecule has 1 atom stereocenters. The van der Waals surface area contributed by atoms with E-state index in [1.165, 1.54) is 6.08 Å². The monoisotopic (exact) mass is 597 g/mol. The van der Waals surface area contributed by atoms with Crippen LogP contribution in [0.5, 0.6) is 5.75 Å². The number of carbonyl (C=O) groups excluding carboxylic acids is 3. The summed E-state index contributed by atoms with van der Waals surface area (Å²) in [4.78, 5) is 36.5. The van der Waals surface area contributed by atoms with Crippen LogP contribution in [0.3, 0.4) is 0 Å². The molecule has 6 nitrogen and oxygen atoms in total. The molecule has 38 heavy (non-hydrogen) atoms. The van der Waals surface area contributed by atoms with Gasteiger partial charge in [0.2, 0.25) is 5.24 Å². The molecule has 3 aromatic carbocycles. The molecule has 0 aliphatic carbocycles. The summed E-state index contributed by atoms with van der Waals surface area (Å²) < 4.78 is 12.0. The topological polar surface area (TPSA) is 72.9 Å². The summed E-state index contributed by atoms with van der Waals surface area (Å²) in [5.41, 5.74) is 2.25. The molecule has 0 bridgehead atoms. The molecular weight excluding hydrogens is 570 g/mol. The largest absolute Gasteiger partial charge is 0.488 e. The van der Waals surface area contributed by atoms with E-state index in [4.69, 9.17) is 21.1 Å². The highest BCUT2D eigenvalue weighted by atomic mass is 79.9. The van der Waals surface area contributed by atoms with Gasteiger partial charge >= 0.3 is 6.09 Å². The average Bonchev–Trinajstić information content (AvgIpc) is 3.29. The van der Waals surface area contributed by atoms with Crippen molar-refractivity contribution in [1.82, 2.24) is 4.90 Å². The smallest absolute Gasteiger partial charge is 0.417 e. The van der Waals surface area contributed by atoms with Gasteiger partial charge < -0.3 is 9.47 Å². The van der Waals surface area contributed by atoms with Crippen LogP contribution >= 0.6 is 27.5 Å². The lowest BCUT2D eigenvalue weighted by atomic mass is 10.00. The summed E-state index contributed by atoms with van der Waals surface area (Å²) in [5.74, 6) is 0.199. The van der Waals surface area contributed by atoms with E-state index in [-0.39, 0.29) is 17.3 Å². The van der Waals surface area contributed by atoms with Crippen LogP contribution in [0.1, 0.15) is 43.5 Å². The van der Waals surface area contributed by atoms with E-state index in [9.17, 15) is 14.4 Å². The third-order valence-electron chi connectivity index (χ3n) is 5.50. The number of nitrogens with zero attached hydrogens (tertiary/aromatic N) is 1. The van der Waals surface area contributed by atoms with Crippen LogP contribution in [-0.2, 0) is 20.9 Å². The van der Waals surface area contributed by atoms with Crippen molar-refractivity contribution in [2.45, 2.75) is 33.4 Å². The highest BCUT2D eigenvalue weighted by molar-refractivity contribution is 9.10. The Balaban J connectivity index is 0.000000505.